The first-order valence-corrected chi connectivity index (χ1v) is 8.21. The Labute approximate surface area is 135 Å². The van der Waals surface area contributed by atoms with Crippen molar-refractivity contribution < 1.29 is 4.74 Å². The van der Waals surface area contributed by atoms with E-state index in [0.717, 1.165) is 11.5 Å². The molecule has 0 aromatic heterocycles. The van der Waals surface area contributed by atoms with Gasteiger partial charge in [-0.15, -0.1) is 11.8 Å². The third-order valence-electron chi connectivity index (χ3n) is 3.43. The highest BCUT2D eigenvalue weighted by Crippen LogP contribution is 2.31. The SMILES string of the molecule is CNC(CSc1ccccc1C)c1ccc(Cl)c(OC)c1. The zero-order chi connectivity index (χ0) is 15.2. The Balaban J connectivity index is 2.11. The highest BCUT2D eigenvalue weighted by atomic mass is 35.5. The number of halogens is 1. The van der Waals surface area contributed by atoms with Gasteiger partial charge in [-0.2, -0.15) is 0 Å². The zero-order valence-electron chi connectivity index (χ0n) is 12.5. The zero-order valence-corrected chi connectivity index (χ0v) is 14.1. The van der Waals surface area contributed by atoms with E-state index in [0.29, 0.717) is 5.02 Å². The molecule has 1 N–H and O–H groups in total. The molecule has 2 rings (SSSR count). The van der Waals surface area contributed by atoms with Gasteiger partial charge in [-0.1, -0.05) is 35.9 Å². The van der Waals surface area contributed by atoms with Gasteiger partial charge in [0.1, 0.15) is 5.75 Å². The average Bonchev–Trinajstić information content (AvgIpc) is 2.51. The van der Waals surface area contributed by atoms with Crippen LogP contribution in [-0.2, 0) is 0 Å². The van der Waals surface area contributed by atoms with Gasteiger partial charge in [0.05, 0.1) is 12.1 Å². The predicted molar refractivity (Wildman–Crippen MR) is 91.7 cm³/mol. The van der Waals surface area contributed by atoms with Crippen molar-refractivity contribution in [2.24, 2.45) is 0 Å². The van der Waals surface area contributed by atoms with Crippen molar-refractivity contribution in [3.8, 4) is 5.75 Å². The molecule has 2 nitrogen and oxygen atoms in total. The van der Waals surface area contributed by atoms with Crippen LogP contribution in [-0.4, -0.2) is 19.9 Å². The summed E-state index contributed by atoms with van der Waals surface area (Å²) in [5.41, 5.74) is 2.49. The molecule has 4 heteroatoms. The van der Waals surface area contributed by atoms with Crippen LogP contribution < -0.4 is 10.1 Å². The van der Waals surface area contributed by atoms with Crippen molar-refractivity contribution in [2.45, 2.75) is 17.9 Å². The van der Waals surface area contributed by atoms with Crippen LogP contribution in [0.2, 0.25) is 5.02 Å². The summed E-state index contributed by atoms with van der Waals surface area (Å²) in [7, 11) is 3.62. The number of benzene rings is 2. The highest BCUT2D eigenvalue weighted by molar-refractivity contribution is 7.99. The van der Waals surface area contributed by atoms with E-state index in [9.17, 15) is 0 Å². The lowest BCUT2D eigenvalue weighted by Crippen LogP contribution is -2.18. The molecule has 1 unspecified atom stereocenters. The van der Waals surface area contributed by atoms with Crippen LogP contribution in [0.3, 0.4) is 0 Å². The van der Waals surface area contributed by atoms with Gasteiger partial charge in [0.2, 0.25) is 0 Å². The Morgan fingerprint density at radius 2 is 2.00 bits per heavy atom. The molecular weight excluding hydrogens is 302 g/mol. The summed E-state index contributed by atoms with van der Waals surface area (Å²) in [5.74, 6) is 1.67. The first-order chi connectivity index (χ1) is 10.2. The van der Waals surface area contributed by atoms with Gasteiger partial charge in [-0.25, -0.2) is 0 Å². The van der Waals surface area contributed by atoms with Crippen LogP contribution in [0.1, 0.15) is 17.2 Å². The van der Waals surface area contributed by atoms with Gasteiger partial charge in [-0.05, 0) is 43.3 Å². The van der Waals surface area contributed by atoms with Crippen molar-refractivity contribution in [3.05, 3.63) is 58.6 Å². The fourth-order valence-electron chi connectivity index (χ4n) is 2.13. The molecule has 0 heterocycles. The molecule has 0 radical (unpaired) electrons. The second-order valence-corrected chi connectivity index (χ2v) is 6.28. The van der Waals surface area contributed by atoms with Crippen molar-refractivity contribution in [1.82, 2.24) is 5.32 Å². The molecule has 0 aliphatic rings. The molecule has 2 aromatic carbocycles. The average molecular weight is 322 g/mol. The molecule has 0 spiro atoms. The smallest absolute Gasteiger partial charge is 0.137 e. The van der Waals surface area contributed by atoms with Crippen LogP contribution in [0.15, 0.2) is 47.4 Å². The number of ether oxygens (including phenoxy) is 1. The molecule has 2 aromatic rings. The van der Waals surface area contributed by atoms with Crippen LogP contribution in [0, 0.1) is 6.92 Å². The topological polar surface area (TPSA) is 21.3 Å². The number of aryl methyl sites for hydroxylation is 1. The minimum Gasteiger partial charge on any atom is -0.495 e. The second kappa shape index (κ2) is 7.74. The summed E-state index contributed by atoms with van der Waals surface area (Å²) in [5, 5.41) is 4.00. The summed E-state index contributed by atoms with van der Waals surface area (Å²) in [6, 6.07) is 14.6. The first-order valence-electron chi connectivity index (χ1n) is 6.85. The maximum Gasteiger partial charge on any atom is 0.137 e. The standard InChI is InChI=1S/C17H20ClNOS/c1-12-6-4-5-7-17(12)21-11-15(19-2)13-8-9-14(18)16(10-13)20-3/h4-10,15,19H,11H2,1-3H3. The molecule has 112 valence electrons. The Hall–Kier alpha value is -1.16. The van der Waals surface area contributed by atoms with Gasteiger partial charge < -0.3 is 10.1 Å². The minimum absolute atomic E-state index is 0.251. The summed E-state index contributed by atoms with van der Waals surface area (Å²) < 4.78 is 5.30. The van der Waals surface area contributed by atoms with Gasteiger partial charge in [0.25, 0.3) is 0 Å². The van der Waals surface area contributed by atoms with E-state index in [-0.39, 0.29) is 6.04 Å². The summed E-state index contributed by atoms with van der Waals surface area (Å²) >= 11 is 7.94. The number of methoxy groups -OCH3 is 1. The molecule has 0 amide bonds. The van der Waals surface area contributed by atoms with Gasteiger partial charge in [0.15, 0.2) is 0 Å². The Morgan fingerprint density at radius 1 is 1.24 bits per heavy atom. The summed E-state index contributed by atoms with van der Waals surface area (Å²) in [6.07, 6.45) is 0. The van der Waals surface area contributed by atoms with Crippen LogP contribution >= 0.6 is 23.4 Å². The highest BCUT2D eigenvalue weighted by Gasteiger charge is 2.13. The van der Waals surface area contributed by atoms with Gasteiger partial charge in [0, 0.05) is 16.7 Å². The molecule has 0 aliphatic carbocycles. The van der Waals surface area contributed by atoms with Gasteiger partial charge in [-0.3, -0.25) is 0 Å². The van der Waals surface area contributed by atoms with E-state index >= 15 is 0 Å². The number of hydrogen-bond donors (Lipinski definition) is 1. The van der Waals surface area contributed by atoms with Gasteiger partial charge >= 0.3 is 0 Å². The monoisotopic (exact) mass is 321 g/mol. The maximum atomic E-state index is 6.09. The fourth-order valence-corrected chi connectivity index (χ4v) is 3.50. The predicted octanol–water partition coefficient (Wildman–Crippen LogP) is 4.71. The second-order valence-electron chi connectivity index (χ2n) is 4.81. The Morgan fingerprint density at radius 3 is 2.67 bits per heavy atom. The first kappa shape index (κ1) is 16.2. The largest absolute Gasteiger partial charge is 0.495 e. The van der Waals surface area contributed by atoms with E-state index in [1.165, 1.54) is 16.0 Å². The van der Waals surface area contributed by atoms with Crippen molar-refractivity contribution in [3.63, 3.8) is 0 Å². The molecule has 0 aliphatic heterocycles. The van der Waals surface area contributed by atoms with E-state index in [2.05, 4.69) is 36.5 Å². The quantitative estimate of drug-likeness (QED) is 0.778. The van der Waals surface area contributed by atoms with E-state index in [1.54, 1.807) is 7.11 Å². The molecule has 21 heavy (non-hydrogen) atoms. The third kappa shape index (κ3) is 4.16. The van der Waals surface area contributed by atoms with Crippen molar-refractivity contribution >= 4 is 23.4 Å². The van der Waals surface area contributed by atoms with Crippen molar-refractivity contribution in [2.75, 3.05) is 19.9 Å². The Bertz CT molecular complexity index is 603. The summed E-state index contributed by atoms with van der Waals surface area (Å²) in [4.78, 5) is 1.32. The molecule has 0 fully saturated rings. The van der Waals surface area contributed by atoms with Crippen LogP contribution in [0.25, 0.3) is 0 Å². The van der Waals surface area contributed by atoms with E-state index in [1.807, 2.05) is 37.0 Å². The Kier molecular flexibility index (Phi) is 5.97. The minimum atomic E-state index is 0.251. The lowest BCUT2D eigenvalue weighted by molar-refractivity contribution is 0.414. The normalized spacial score (nSPS) is 12.2. The number of nitrogens with one attached hydrogen (secondary N) is 1. The molecule has 1 atom stereocenters. The molecule has 0 saturated heterocycles. The van der Waals surface area contributed by atoms with Crippen molar-refractivity contribution in [1.29, 1.82) is 0 Å². The molecule has 0 saturated carbocycles. The lowest BCUT2D eigenvalue weighted by Gasteiger charge is -2.18. The lowest BCUT2D eigenvalue weighted by atomic mass is 10.1. The summed E-state index contributed by atoms with van der Waals surface area (Å²) in [6.45, 7) is 2.14. The fraction of sp³-hybridized carbons (Fsp3) is 0.294. The van der Waals surface area contributed by atoms with Crippen LogP contribution in [0.4, 0.5) is 0 Å². The molecule has 0 bridgehead atoms. The van der Waals surface area contributed by atoms with Crippen LogP contribution in [0.5, 0.6) is 5.75 Å². The number of thioether (sulfide) groups is 1. The maximum absolute atomic E-state index is 6.09. The third-order valence-corrected chi connectivity index (χ3v) is 5.01. The number of rotatable bonds is 6. The van der Waals surface area contributed by atoms with E-state index < -0.39 is 0 Å². The number of hydrogen-bond acceptors (Lipinski definition) is 3. The molecular formula is C17H20ClNOS. The van der Waals surface area contributed by atoms with E-state index in [4.69, 9.17) is 16.3 Å².